The first-order valence-corrected chi connectivity index (χ1v) is 12.5. The zero-order chi connectivity index (χ0) is 26.2. The van der Waals surface area contributed by atoms with Gasteiger partial charge in [-0.15, -0.1) is 0 Å². The number of piperidine rings is 1. The van der Waals surface area contributed by atoms with Crippen LogP contribution >= 0.6 is 0 Å². The molecule has 1 aromatic heterocycles. The summed E-state index contributed by atoms with van der Waals surface area (Å²) in [4.78, 5) is 2.28. The highest BCUT2D eigenvalue weighted by atomic mass is 19.4. The fraction of sp³-hybridized carbons (Fsp3) is 0.379. The van der Waals surface area contributed by atoms with Gasteiger partial charge >= 0.3 is 6.18 Å². The molecule has 1 saturated carbocycles. The maximum Gasteiger partial charge on any atom is 0.398 e. The van der Waals surface area contributed by atoms with Gasteiger partial charge in [-0.2, -0.15) is 23.5 Å². The van der Waals surface area contributed by atoms with Gasteiger partial charge in [0.2, 0.25) is 0 Å². The van der Waals surface area contributed by atoms with Gasteiger partial charge in [-0.3, -0.25) is 4.68 Å². The quantitative estimate of drug-likeness (QED) is 0.336. The molecule has 0 radical (unpaired) electrons. The standard InChI is InChI=1S/C29H28F4N4/c1-20-15-27(26(30)17-21-5-7-24(8-6-21)28(11-12-28)29(31,32)33)35-37(20)19-23-3-2-4-25(16-23)36-13-9-22(18-34)10-14-36/h2-8,15-17,22H,9-14,19H2,1H3/b26-17-. The first-order chi connectivity index (χ1) is 17.7. The van der Waals surface area contributed by atoms with E-state index < -0.39 is 17.4 Å². The van der Waals surface area contributed by atoms with Crippen LogP contribution in [0.4, 0.5) is 23.2 Å². The van der Waals surface area contributed by atoms with Crippen molar-refractivity contribution in [2.24, 2.45) is 5.92 Å². The number of nitrogens with zero attached hydrogens (tertiary/aromatic N) is 4. The molecule has 2 fully saturated rings. The van der Waals surface area contributed by atoms with E-state index in [0.717, 1.165) is 42.9 Å². The first-order valence-electron chi connectivity index (χ1n) is 12.5. The highest BCUT2D eigenvalue weighted by Gasteiger charge is 2.64. The van der Waals surface area contributed by atoms with Crippen LogP contribution in [0.5, 0.6) is 0 Å². The van der Waals surface area contributed by atoms with Gasteiger partial charge in [0.1, 0.15) is 5.69 Å². The molecule has 2 aromatic carbocycles. The summed E-state index contributed by atoms with van der Waals surface area (Å²) < 4.78 is 56.9. The van der Waals surface area contributed by atoms with E-state index in [1.807, 2.05) is 19.1 Å². The maximum absolute atomic E-state index is 15.0. The van der Waals surface area contributed by atoms with Gasteiger partial charge in [-0.05, 0) is 73.6 Å². The molecular formula is C29H28F4N4. The minimum Gasteiger partial charge on any atom is -0.371 e. The highest BCUT2D eigenvalue weighted by molar-refractivity contribution is 5.75. The van der Waals surface area contributed by atoms with Crippen molar-refractivity contribution in [1.82, 2.24) is 9.78 Å². The van der Waals surface area contributed by atoms with E-state index >= 15 is 4.39 Å². The van der Waals surface area contributed by atoms with E-state index in [9.17, 15) is 13.2 Å². The lowest BCUT2D eigenvalue weighted by Crippen LogP contribution is -2.33. The average molecular weight is 509 g/mol. The Labute approximate surface area is 213 Å². The van der Waals surface area contributed by atoms with Gasteiger partial charge in [0.25, 0.3) is 0 Å². The number of aromatic nitrogens is 2. The number of aryl methyl sites for hydroxylation is 1. The Hall–Kier alpha value is -3.60. The second-order valence-electron chi connectivity index (χ2n) is 10.1. The number of benzene rings is 2. The molecule has 0 bridgehead atoms. The van der Waals surface area contributed by atoms with Gasteiger partial charge in [0.05, 0.1) is 18.0 Å². The fourth-order valence-corrected chi connectivity index (χ4v) is 5.06. The Balaban J connectivity index is 1.28. The van der Waals surface area contributed by atoms with E-state index in [0.29, 0.717) is 12.1 Å². The number of rotatable bonds is 6. The Bertz CT molecular complexity index is 1340. The van der Waals surface area contributed by atoms with Crippen molar-refractivity contribution in [3.05, 3.63) is 82.7 Å². The summed E-state index contributed by atoms with van der Waals surface area (Å²) in [6.07, 6.45) is -1.05. The predicted octanol–water partition coefficient (Wildman–Crippen LogP) is 7.04. The Morgan fingerprint density at radius 1 is 1.11 bits per heavy atom. The molecule has 3 aromatic rings. The van der Waals surface area contributed by atoms with Crippen LogP contribution in [0, 0.1) is 24.2 Å². The van der Waals surface area contributed by atoms with Crippen molar-refractivity contribution in [1.29, 1.82) is 5.26 Å². The van der Waals surface area contributed by atoms with Crippen molar-refractivity contribution in [3.63, 3.8) is 0 Å². The number of nitriles is 1. The van der Waals surface area contributed by atoms with Crippen LogP contribution in [0.2, 0.25) is 0 Å². The molecule has 37 heavy (non-hydrogen) atoms. The molecule has 0 atom stereocenters. The zero-order valence-corrected chi connectivity index (χ0v) is 20.6. The Morgan fingerprint density at radius 3 is 2.43 bits per heavy atom. The number of halogens is 4. The molecule has 1 aliphatic carbocycles. The molecule has 2 heterocycles. The van der Waals surface area contributed by atoms with Crippen molar-refractivity contribution in [2.75, 3.05) is 18.0 Å². The first kappa shape index (κ1) is 25.1. The minimum absolute atomic E-state index is 0.0966. The van der Waals surface area contributed by atoms with E-state index in [1.165, 1.54) is 30.3 Å². The topological polar surface area (TPSA) is 44.9 Å². The molecule has 1 aliphatic heterocycles. The van der Waals surface area contributed by atoms with Crippen LogP contribution in [0.25, 0.3) is 11.9 Å². The van der Waals surface area contributed by atoms with Crippen LogP contribution in [-0.4, -0.2) is 29.0 Å². The van der Waals surface area contributed by atoms with Crippen molar-refractivity contribution >= 4 is 17.6 Å². The van der Waals surface area contributed by atoms with Gasteiger partial charge in [-0.25, -0.2) is 4.39 Å². The molecule has 0 spiro atoms. The SMILES string of the molecule is Cc1cc(/C(F)=C/c2ccc(C3(C(F)(F)F)CC3)cc2)nn1Cc1cccc(N2CCC(C#N)CC2)c1. The molecule has 0 amide bonds. The fourth-order valence-electron chi connectivity index (χ4n) is 5.06. The number of hydrogen-bond donors (Lipinski definition) is 0. The second kappa shape index (κ2) is 9.70. The molecule has 0 N–H and O–H groups in total. The average Bonchev–Trinajstić information content (AvgIpc) is 3.64. The summed E-state index contributed by atoms with van der Waals surface area (Å²) in [5.74, 6) is -0.416. The molecule has 2 aliphatic rings. The van der Waals surface area contributed by atoms with Crippen LogP contribution in [0.1, 0.15) is 53.8 Å². The van der Waals surface area contributed by atoms with Crippen molar-refractivity contribution < 1.29 is 17.6 Å². The summed E-state index contributed by atoms with van der Waals surface area (Å²) in [7, 11) is 0. The molecular weight excluding hydrogens is 480 g/mol. The Kier molecular flexibility index (Phi) is 6.57. The minimum atomic E-state index is -4.27. The van der Waals surface area contributed by atoms with Crippen molar-refractivity contribution in [2.45, 2.75) is 50.7 Å². The smallest absolute Gasteiger partial charge is 0.371 e. The summed E-state index contributed by atoms with van der Waals surface area (Å²) in [5.41, 5.74) is 2.10. The van der Waals surface area contributed by atoms with Gasteiger partial charge in [0.15, 0.2) is 5.83 Å². The molecule has 1 saturated heterocycles. The second-order valence-corrected chi connectivity index (χ2v) is 10.1. The maximum atomic E-state index is 15.0. The largest absolute Gasteiger partial charge is 0.398 e. The number of anilines is 1. The summed E-state index contributed by atoms with van der Waals surface area (Å²) >= 11 is 0. The van der Waals surface area contributed by atoms with E-state index in [1.54, 1.807) is 10.7 Å². The van der Waals surface area contributed by atoms with Crippen molar-refractivity contribution in [3.8, 4) is 6.07 Å². The monoisotopic (exact) mass is 508 g/mol. The normalized spacial score (nSPS) is 18.1. The lowest BCUT2D eigenvalue weighted by molar-refractivity contribution is -0.160. The number of alkyl halides is 3. The van der Waals surface area contributed by atoms with Gasteiger partial charge < -0.3 is 4.90 Å². The predicted molar refractivity (Wildman–Crippen MR) is 135 cm³/mol. The summed E-state index contributed by atoms with van der Waals surface area (Å²) in [5, 5.41) is 13.6. The van der Waals surface area contributed by atoms with Crippen LogP contribution in [0.3, 0.4) is 0 Å². The third-order valence-corrected chi connectivity index (χ3v) is 7.56. The lowest BCUT2D eigenvalue weighted by atomic mass is 9.94. The van der Waals surface area contributed by atoms with E-state index in [-0.39, 0.29) is 30.0 Å². The molecule has 0 unspecified atom stereocenters. The Morgan fingerprint density at radius 2 is 1.81 bits per heavy atom. The highest BCUT2D eigenvalue weighted by Crippen LogP contribution is 2.58. The summed E-state index contributed by atoms with van der Waals surface area (Å²) in [6, 6.07) is 18.1. The van der Waals surface area contributed by atoms with E-state index in [2.05, 4.69) is 28.2 Å². The van der Waals surface area contributed by atoms with Gasteiger partial charge in [0, 0.05) is 30.4 Å². The molecule has 4 nitrogen and oxygen atoms in total. The number of hydrogen-bond acceptors (Lipinski definition) is 3. The molecule has 5 rings (SSSR count). The van der Waals surface area contributed by atoms with Crippen LogP contribution in [-0.2, 0) is 12.0 Å². The summed E-state index contributed by atoms with van der Waals surface area (Å²) in [6.45, 7) is 4.04. The molecule has 8 heteroatoms. The van der Waals surface area contributed by atoms with Crippen LogP contribution in [0.15, 0.2) is 54.6 Å². The zero-order valence-electron chi connectivity index (χ0n) is 20.6. The third-order valence-electron chi connectivity index (χ3n) is 7.56. The third kappa shape index (κ3) is 5.13. The van der Waals surface area contributed by atoms with Gasteiger partial charge in [-0.1, -0.05) is 36.4 Å². The molecule has 192 valence electrons. The lowest BCUT2D eigenvalue weighted by Gasteiger charge is -2.31. The van der Waals surface area contributed by atoms with E-state index in [4.69, 9.17) is 5.26 Å². The van der Waals surface area contributed by atoms with Crippen LogP contribution < -0.4 is 4.90 Å².